The first kappa shape index (κ1) is 14.2. The zero-order chi connectivity index (χ0) is 13.2. The molecule has 0 aromatic heterocycles. The van der Waals surface area contributed by atoms with Gasteiger partial charge in [0.15, 0.2) is 0 Å². The lowest BCUT2D eigenvalue weighted by atomic mass is 10.3. The first-order valence-electron chi connectivity index (χ1n) is 6.30. The molecular weight excluding hydrogens is 258 g/mol. The highest BCUT2D eigenvalue weighted by atomic mass is 32.2. The Labute approximate surface area is 108 Å². The lowest BCUT2D eigenvalue weighted by Gasteiger charge is -2.39. The lowest BCUT2D eigenvalue weighted by Crippen LogP contribution is -2.53. The van der Waals surface area contributed by atoms with Gasteiger partial charge in [-0.15, -0.1) is 0 Å². The molecule has 8 heteroatoms. The minimum Gasteiger partial charge on any atom is -0.395 e. The van der Waals surface area contributed by atoms with Gasteiger partial charge in [-0.3, -0.25) is 9.45 Å². The van der Waals surface area contributed by atoms with Gasteiger partial charge in [-0.2, -0.15) is 8.42 Å². The predicted octanol–water partition coefficient (Wildman–Crippen LogP) is -1.53. The summed E-state index contributed by atoms with van der Waals surface area (Å²) in [7, 11) is -3.91. The molecule has 2 N–H and O–H groups in total. The second kappa shape index (κ2) is 5.81. The number of hydrogen-bond acceptors (Lipinski definition) is 6. The average molecular weight is 279 g/mol. The van der Waals surface area contributed by atoms with E-state index in [1.54, 1.807) is 0 Å². The van der Waals surface area contributed by atoms with Gasteiger partial charge in [0.1, 0.15) is 5.25 Å². The fourth-order valence-electron chi connectivity index (χ4n) is 2.60. The molecule has 0 saturated carbocycles. The number of hydrazine groups is 1. The molecule has 2 fully saturated rings. The van der Waals surface area contributed by atoms with Crippen LogP contribution in [0.25, 0.3) is 0 Å². The van der Waals surface area contributed by atoms with Crippen LogP contribution in [-0.2, 0) is 10.1 Å². The maximum Gasteiger partial charge on any atom is 0.269 e. The van der Waals surface area contributed by atoms with Gasteiger partial charge in [-0.25, -0.2) is 10.0 Å². The fraction of sp³-hybridized carbons (Fsp3) is 1.00. The molecule has 0 amide bonds. The summed E-state index contributed by atoms with van der Waals surface area (Å²) in [5.41, 5.74) is 0. The summed E-state index contributed by atoms with van der Waals surface area (Å²) >= 11 is 0. The summed E-state index contributed by atoms with van der Waals surface area (Å²) in [6.45, 7) is 5.40. The molecule has 2 aliphatic heterocycles. The fourth-order valence-corrected chi connectivity index (χ4v) is 3.36. The third kappa shape index (κ3) is 3.40. The van der Waals surface area contributed by atoms with Crippen LogP contribution in [0.3, 0.4) is 0 Å². The van der Waals surface area contributed by atoms with E-state index < -0.39 is 15.4 Å². The van der Waals surface area contributed by atoms with Crippen molar-refractivity contribution >= 4 is 10.1 Å². The zero-order valence-electron chi connectivity index (χ0n) is 10.4. The van der Waals surface area contributed by atoms with E-state index in [1.807, 2.05) is 5.01 Å². The number of rotatable bonds is 4. The van der Waals surface area contributed by atoms with Crippen molar-refractivity contribution < 1.29 is 18.1 Å². The largest absolute Gasteiger partial charge is 0.395 e. The van der Waals surface area contributed by atoms with Gasteiger partial charge in [-0.1, -0.05) is 0 Å². The van der Waals surface area contributed by atoms with Crippen molar-refractivity contribution in [2.45, 2.75) is 11.7 Å². The van der Waals surface area contributed by atoms with Crippen molar-refractivity contribution in [3.05, 3.63) is 0 Å². The zero-order valence-corrected chi connectivity index (χ0v) is 11.2. The van der Waals surface area contributed by atoms with E-state index in [2.05, 4.69) is 9.91 Å². The molecule has 7 nitrogen and oxygen atoms in total. The van der Waals surface area contributed by atoms with Crippen LogP contribution in [0.1, 0.15) is 6.42 Å². The molecule has 0 bridgehead atoms. The number of nitrogens with zero attached hydrogens (tertiary/aromatic N) is 3. The third-order valence-electron chi connectivity index (χ3n) is 3.71. The van der Waals surface area contributed by atoms with Gasteiger partial charge >= 0.3 is 0 Å². The second-order valence-electron chi connectivity index (χ2n) is 4.86. The number of aliphatic hydroxyl groups excluding tert-OH is 1. The summed E-state index contributed by atoms with van der Waals surface area (Å²) in [5.74, 6) is 0. The number of β-amino-alcohol motifs (C(OH)–C–C–N with tert-alkyl or cyclic N) is 1. The maximum atomic E-state index is 11.1. The summed E-state index contributed by atoms with van der Waals surface area (Å²) in [6, 6.07) is 0. The highest BCUT2D eigenvalue weighted by molar-refractivity contribution is 7.86. The van der Waals surface area contributed by atoms with E-state index >= 15 is 0 Å². The standard InChI is InChI=1S/C10H21N3O4S/c14-8-7-11-3-5-12(6-4-11)13-2-1-10(9-13)18(15,16)17/h10,14H,1-9H2,(H,15,16,17)/t10-/m1/s1. The van der Waals surface area contributed by atoms with Crippen molar-refractivity contribution in [3.63, 3.8) is 0 Å². The Bertz CT molecular complexity index is 367. The SMILES string of the molecule is O=S(=O)(O)[C@@H]1CCN(N2CCN(CCO)CC2)C1. The molecule has 2 aliphatic rings. The van der Waals surface area contributed by atoms with E-state index in [9.17, 15) is 8.42 Å². The Balaban J connectivity index is 1.81. The van der Waals surface area contributed by atoms with Crippen LogP contribution in [-0.4, -0.2) is 90.7 Å². The predicted molar refractivity (Wildman–Crippen MR) is 66.6 cm³/mol. The van der Waals surface area contributed by atoms with Crippen LogP contribution in [0, 0.1) is 0 Å². The van der Waals surface area contributed by atoms with Gasteiger partial charge in [0.05, 0.1) is 6.61 Å². The third-order valence-corrected chi connectivity index (χ3v) is 4.94. The summed E-state index contributed by atoms with van der Waals surface area (Å²) in [6.07, 6.45) is 0.496. The highest BCUT2D eigenvalue weighted by Crippen LogP contribution is 2.18. The molecular formula is C10H21N3O4S. The molecule has 0 aromatic rings. The maximum absolute atomic E-state index is 11.1. The normalized spacial score (nSPS) is 28.9. The molecule has 2 heterocycles. The van der Waals surface area contributed by atoms with E-state index in [0.717, 1.165) is 26.2 Å². The Morgan fingerprint density at radius 2 is 1.72 bits per heavy atom. The minimum absolute atomic E-state index is 0.175. The molecule has 0 unspecified atom stereocenters. The molecule has 18 heavy (non-hydrogen) atoms. The van der Waals surface area contributed by atoms with E-state index in [1.165, 1.54) is 0 Å². The van der Waals surface area contributed by atoms with Gasteiger partial charge in [0, 0.05) is 45.8 Å². The molecule has 0 aliphatic carbocycles. The van der Waals surface area contributed by atoms with Crippen LogP contribution in [0.2, 0.25) is 0 Å². The molecule has 2 saturated heterocycles. The van der Waals surface area contributed by atoms with Gasteiger partial charge in [0.25, 0.3) is 10.1 Å². The highest BCUT2D eigenvalue weighted by Gasteiger charge is 2.35. The van der Waals surface area contributed by atoms with Crippen LogP contribution in [0.5, 0.6) is 0 Å². The second-order valence-corrected chi connectivity index (χ2v) is 6.55. The Morgan fingerprint density at radius 1 is 1.06 bits per heavy atom. The lowest BCUT2D eigenvalue weighted by molar-refractivity contribution is -0.0420. The first-order valence-corrected chi connectivity index (χ1v) is 7.80. The number of hydrogen-bond donors (Lipinski definition) is 2. The van der Waals surface area contributed by atoms with E-state index in [0.29, 0.717) is 26.1 Å². The summed E-state index contributed by atoms with van der Waals surface area (Å²) < 4.78 is 31.2. The van der Waals surface area contributed by atoms with Crippen molar-refractivity contribution in [2.75, 3.05) is 52.4 Å². The first-order chi connectivity index (χ1) is 8.50. The number of piperazine rings is 1. The van der Waals surface area contributed by atoms with Crippen molar-refractivity contribution in [3.8, 4) is 0 Å². The van der Waals surface area contributed by atoms with Crippen molar-refractivity contribution in [1.82, 2.24) is 14.9 Å². The van der Waals surface area contributed by atoms with Gasteiger partial charge < -0.3 is 5.11 Å². The van der Waals surface area contributed by atoms with Crippen molar-refractivity contribution in [1.29, 1.82) is 0 Å². The topological polar surface area (TPSA) is 84.3 Å². The summed E-state index contributed by atoms with van der Waals surface area (Å²) in [4.78, 5) is 2.19. The number of aliphatic hydroxyl groups is 1. The molecule has 106 valence electrons. The van der Waals surface area contributed by atoms with Crippen LogP contribution in [0.4, 0.5) is 0 Å². The van der Waals surface area contributed by atoms with Gasteiger partial charge in [-0.05, 0) is 6.42 Å². The average Bonchev–Trinajstić information content (AvgIpc) is 2.79. The monoisotopic (exact) mass is 279 g/mol. The van der Waals surface area contributed by atoms with Crippen LogP contribution < -0.4 is 0 Å². The molecule has 0 radical (unpaired) electrons. The van der Waals surface area contributed by atoms with E-state index in [-0.39, 0.29) is 6.61 Å². The van der Waals surface area contributed by atoms with Crippen LogP contribution in [0.15, 0.2) is 0 Å². The van der Waals surface area contributed by atoms with Crippen LogP contribution >= 0.6 is 0 Å². The molecule has 0 aromatic carbocycles. The molecule has 1 atom stereocenters. The summed E-state index contributed by atoms with van der Waals surface area (Å²) in [5, 5.41) is 12.4. The van der Waals surface area contributed by atoms with Crippen molar-refractivity contribution in [2.24, 2.45) is 0 Å². The molecule has 0 spiro atoms. The smallest absolute Gasteiger partial charge is 0.269 e. The minimum atomic E-state index is -3.91. The quantitative estimate of drug-likeness (QED) is 0.604. The Hall–Kier alpha value is -0.250. The van der Waals surface area contributed by atoms with E-state index in [4.69, 9.17) is 9.66 Å². The Kier molecular flexibility index (Phi) is 4.57. The molecule has 2 rings (SSSR count). The van der Waals surface area contributed by atoms with Gasteiger partial charge in [0.2, 0.25) is 0 Å². The Morgan fingerprint density at radius 3 is 2.22 bits per heavy atom.